The van der Waals surface area contributed by atoms with Gasteiger partial charge in [-0.25, -0.2) is 0 Å². The van der Waals surface area contributed by atoms with Gasteiger partial charge >= 0.3 is 5.97 Å². The van der Waals surface area contributed by atoms with E-state index in [0.29, 0.717) is 35.4 Å². The number of amides is 1. The summed E-state index contributed by atoms with van der Waals surface area (Å²) >= 11 is 7.71. The summed E-state index contributed by atoms with van der Waals surface area (Å²) in [5.41, 5.74) is 4.78. The van der Waals surface area contributed by atoms with Crippen LogP contribution in [-0.2, 0) is 11.3 Å². The molecule has 1 amide bonds. The number of nitrogens with zero attached hydrogens (tertiary/aromatic N) is 4. The maximum atomic E-state index is 13.3. The first-order chi connectivity index (χ1) is 16.8. The van der Waals surface area contributed by atoms with Crippen LogP contribution in [0.3, 0.4) is 0 Å². The molecule has 0 bridgehead atoms. The van der Waals surface area contributed by atoms with Crippen molar-refractivity contribution in [2.45, 2.75) is 40.2 Å². The summed E-state index contributed by atoms with van der Waals surface area (Å²) in [6.45, 7) is 8.62. The van der Waals surface area contributed by atoms with E-state index < -0.39 is 5.97 Å². The molecule has 184 valence electrons. The van der Waals surface area contributed by atoms with Gasteiger partial charge in [0.2, 0.25) is 5.13 Å². The summed E-state index contributed by atoms with van der Waals surface area (Å²) in [6, 6.07) is 11.3. The summed E-state index contributed by atoms with van der Waals surface area (Å²) in [6.07, 6.45) is 1.79. The lowest BCUT2D eigenvalue weighted by Gasteiger charge is -2.36. The van der Waals surface area contributed by atoms with Crippen molar-refractivity contribution in [3.63, 3.8) is 0 Å². The number of carbonyl (C=O) groups is 2. The quantitative estimate of drug-likeness (QED) is 0.411. The molecule has 1 aliphatic rings. The molecule has 4 rings (SSSR count). The summed E-state index contributed by atoms with van der Waals surface area (Å²) in [7, 11) is 0. The zero-order chi connectivity index (χ0) is 25.1. The number of unbranched alkanes of at least 4 members (excludes halogenated alkanes) is 1. The average molecular weight is 513 g/mol. The summed E-state index contributed by atoms with van der Waals surface area (Å²) in [4.78, 5) is 28.2. The van der Waals surface area contributed by atoms with Gasteiger partial charge in [-0.2, -0.15) is 0 Å². The first-order valence-electron chi connectivity index (χ1n) is 11.7. The molecule has 3 aromatic rings. The minimum Gasteiger partial charge on any atom is -0.481 e. The van der Waals surface area contributed by atoms with Crippen LogP contribution in [-0.4, -0.2) is 51.7 Å². The van der Waals surface area contributed by atoms with Gasteiger partial charge in [-0.15, -0.1) is 10.2 Å². The Kier molecular flexibility index (Phi) is 7.84. The maximum Gasteiger partial charge on any atom is 0.309 e. The van der Waals surface area contributed by atoms with E-state index in [9.17, 15) is 9.59 Å². The van der Waals surface area contributed by atoms with Gasteiger partial charge in [-0.3, -0.25) is 19.4 Å². The molecule has 1 N–H and O–H groups in total. The first kappa shape index (κ1) is 25.3. The van der Waals surface area contributed by atoms with Crippen molar-refractivity contribution in [3.05, 3.63) is 63.7 Å². The Labute approximate surface area is 214 Å². The van der Waals surface area contributed by atoms with Crippen LogP contribution in [0.25, 0.3) is 10.6 Å². The number of rotatable bonds is 9. The van der Waals surface area contributed by atoms with Crippen molar-refractivity contribution in [2.75, 3.05) is 24.5 Å². The predicted molar refractivity (Wildman–Crippen MR) is 139 cm³/mol. The smallest absolute Gasteiger partial charge is 0.309 e. The van der Waals surface area contributed by atoms with Crippen LogP contribution in [0, 0.1) is 19.8 Å². The number of aromatic nitrogens is 2. The van der Waals surface area contributed by atoms with Crippen molar-refractivity contribution in [3.8, 4) is 10.6 Å². The number of aliphatic carboxylic acids is 1. The monoisotopic (exact) mass is 512 g/mol. The molecule has 0 saturated carbocycles. The number of hydrogen-bond donors (Lipinski definition) is 1. The Morgan fingerprint density at radius 2 is 1.86 bits per heavy atom. The van der Waals surface area contributed by atoms with E-state index in [1.807, 2.05) is 13.8 Å². The standard InChI is InChI=1S/C26H29ClN4O3S/c1-4-5-10-31(24(32)20-8-6-7-9-21(20)27)26-29-28-23(35-26)22-16(2)11-18(12-17(22)3)13-30-14-19(15-30)25(33)34/h6-9,11-12,19H,4-5,10,13-15H2,1-3H3,(H,33,34). The third-order valence-electron chi connectivity index (χ3n) is 6.25. The predicted octanol–water partition coefficient (Wildman–Crippen LogP) is 5.44. The average Bonchev–Trinajstić information content (AvgIpc) is 3.25. The SMILES string of the molecule is CCCCN(C(=O)c1ccccc1Cl)c1nnc(-c2c(C)cc(CN3CC(C(=O)O)C3)cc2C)s1. The van der Waals surface area contributed by atoms with E-state index in [1.54, 1.807) is 29.2 Å². The Morgan fingerprint density at radius 1 is 1.17 bits per heavy atom. The molecule has 0 aliphatic carbocycles. The Bertz CT molecular complexity index is 1220. The van der Waals surface area contributed by atoms with Crippen LogP contribution in [0.5, 0.6) is 0 Å². The first-order valence-corrected chi connectivity index (χ1v) is 12.9. The molecular weight excluding hydrogens is 484 g/mol. The fourth-order valence-corrected chi connectivity index (χ4v) is 5.66. The fourth-order valence-electron chi connectivity index (χ4n) is 4.40. The lowest BCUT2D eigenvalue weighted by atomic mass is 9.96. The van der Waals surface area contributed by atoms with Crippen molar-refractivity contribution >= 4 is 39.9 Å². The number of carboxylic acids is 1. The molecule has 9 heteroatoms. The molecule has 0 radical (unpaired) electrons. The molecule has 2 aromatic carbocycles. The highest BCUT2D eigenvalue weighted by Crippen LogP contribution is 2.35. The second kappa shape index (κ2) is 10.8. The van der Waals surface area contributed by atoms with Crippen LogP contribution in [0.15, 0.2) is 36.4 Å². The van der Waals surface area contributed by atoms with Gasteiger partial charge in [0.1, 0.15) is 5.01 Å². The summed E-state index contributed by atoms with van der Waals surface area (Å²) in [5, 5.41) is 19.7. The molecule has 2 heterocycles. The largest absolute Gasteiger partial charge is 0.481 e. The zero-order valence-electron chi connectivity index (χ0n) is 20.1. The molecule has 0 atom stereocenters. The minimum atomic E-state index is -0.725. The topological polar surface area (TPSA) is 86.6 Å². The Hall–Kier alpha value is -2.81. The Balaban J connectivity index is 1.57. The number of anilines is 1. The fraction of sp³-hybridized carbons (Fsp3) is 0.385. The van der Waals surface area contributed by atoms with Crippen LogP contribution < -0.4 is 4.90 Å². The van der Waals surface area contributed by atoms with E-state index in [-0.39, 0.29) is 11.8 Å². The van der Waals surface area contributed by atoms with Crippen molar-refractivity contribution in [1.29, 1.82) is 0 Å². The van der Waals surface area contributed by atoms with E-state index in [1.165, 1.54) is 11.3 Å². The Morgan fingerprint density at radius 3 is 2.49 bits per heavy atom. The van der Waals surface area contributed by atoms with Gasteiger partial charge < -0.3 is 5.11 Å². The third-order valence-corrected chi connectivity index (χ3v) is 7.54. The second-order valence-electron chi connectivity index (χ2n) is 9.01. The summed E-state index contributed by atoms with van der Waals surface area (Å²) < 4.78 is 0. The highest BCUT2D eigenvalue weighted by Gasteiger charge is 2.32. The molecule has 1 fully saturated rings. The number of carbonyl (C=O) groups excluding carboxylic acids is 1. The molecule has 1 saturated heterocycles. The van der Waals surface area contributed by atoms with Crippen LogP contribution in [0.4, 0.5) is 5.13 Å². The van der Waals surface area contributed by atoms with E-state index in [0.717, 1.165) is 46.6 Å². The summed E-state index contributed by atoms with van der Waals surface area (Å²) in [5.74, 6) is -1.16. The number of carboxylic acid groups (broad SMARTS) is 1. The van der Waals surface area contributed by atoms with Crippen LogP contribution >= 0.6 is 22.9 Å². The van der Waals surface area contributed by atoms with E-state index >= 15 is 0 Å². The zero-order valence-corrected chi connectivity index (χ0v) is 21.7. The van der Waals surface area contributed by atoms with Gasteiger partial charge in [0.05, 0.1) is 16.5 Å². The molecular formula is C26H29ClN4O3S. The van der Waals surface area contributed by atoms with Gasteiger partial charge in [0.25, 0.3) is 5.91 Å². The lowest BCUT2D eigenvalue weighted by molar-refractivity contribution is -0.147. The van der Waals surface area contributed by atoms with Gasteiger partial charge in [0.15, 0.2) is 0 Å². The number of benzene rings is 2. The third kappa shape index (κ3) is 5.55. The molecule has 35 heavy (non-hydrogen) atoms. The van der Waals surface area contributed by atoms with Crippen molar-refractivity contribution in [2.24, 2.45) is 5.92 Å². The number of likely N-dealkylation sites (tertiary alicyclic amines) is 1. The highest BCUT2D eigenvalue weighted by atomic mass is 35.5. The lowest BCUT2D eigenvalue weighted by Crippen LogP contribution is -2.49. The van der Waals surface area contributed by atoms with Gasteiger partial charge in [0, 0.05) is 31.7 Å². The molecule has 7 nitrogen and oxygen atoms in total. The number of halogens is 1. The second-order valence-corrected chi connectivity index (χ2v) is 10.4. The van der Waals surface area contributed by atoms with Gasteiger partial charge in [-0.05, 0) is 49.1 Å². The van der Waals surface area contributed by atoms with E-state index in [2.05, 4.69) is 34.2 Å². The molecule has 1 aromatic heterocycles. The van der Waals surface area contributed by atoms with Crippen LogP contribution in [0.2, 0.25) is 5.02 Å². The normalized spacial score (nSPS) is 14.1. The molecule has 1 aliphatic heterocycles. The number of aryl methyl sites for hydroxylation is 2. The van der Waals surface area contributed by atoms with Gasteiger partial charge in [-0.1, -0.05) is 60.5 Å². The number of hydrogen-bond acceptors (Lipinski definition) is 6. The van der Waals surface area contributed by atoms with E-state index in [4.69, 9.17) is 16.7 Å². The minimum absolute atomic E-state index is 0.176. The highest BCUT2D eigenvalue weighted by molar-refractivity contribution is 7.18. The maximum absolute atomic E-state index is 13.3. The molecule has 0 unspecified atom stereocenters. The molecule has 0 spiro atoms. The van der Waals surface area contributed by atoms with Crippen molar-refractivity contribution < 1.29 is 14.7 Å². The van der Waals surface area contributed by atoms with Crippen LogP contribution in [0.1, 0.15) is 46.8 Å². The van der Waals surface area contributed by atoms with Crippen molar-refractivity contribution in [1.82, 2.24) is 15.1 Å².